The minimum absolute atomic E-state index is 0.190. The number of ether oxygens (including phenoxy) is 2. The number of hydrogen-bond donors (Lipinski definition) is 1. The van der Waals surface area contributed by atoms with E-state index in [1.54, 1.807) is 6.07 Å². The van der Waals surface area contributed by atoms with Crippen molar-refractivity contribution in [3.8, 4) is 5.75 Å². The summed E-state index contributed by atoms with van der Waals surface area (Å²) < 4.78 is 10.3. The van der Waals surface area contributed by atoms with Gasteiger partial charge < -0.3 is 19.5 Å². The molecule has 6 nitrogen and oxygen atoms in total. The Morgan fingerprint density at radius 2 is 2.10 bits per heavy atom. The first kappa shape index (κ1) is 17.0. The summed E-state index contributed by atoms with van der Waals surface area (Å²) in [5.41, 5.74) is 1.11. The number of carbonyl (C=O) groups is 2. The van der Waals surface area contributed by atoms with E-state index in [0.29, 0.717) is 5.75 Å². The number of hydrogen-bond acceptors (Lipinski definition) is 4. The smallest absolute Gasteiger partial charge is 0.323 e. The van der Waals surface area contributed by atoms with Crippen molar-refractivity contribution in [1.29, 1.82) is 0 Å². The summed E-state index contributed by atoms with van der Waals surface area (Å²) in [6.07, 6.45) is 0.879. The lowest BCUT2D eigenvalue weighted by Gasteiger charge is -2.20. The summed E-state index contributed by atoms with van der Waals surface area (Å²) in [6.45, 7) is 1.98. The highest BCUT2D eigenvalue weighted by atomic mass is 16.5. The van der Waals surface area contributed by atoms with Crippen molar-refractivity contribution < 1.29 is 24.2 Å². The Labute approximate surface area is 124 Å². The van der Waals surface area contributed by atoms with Crippen LogP contribution >= 0.6 is 0 Å². The van der Waals surface area contributed by atoms with E-state index in [1.165, 1.54) is 12.0 Å². The lowest BCUT2D eigenvalue weighted by atomic mass is 10.2. The topological polar surface area (TPSA) is 76.1 Å². The molecule has 0 aliphatic carbocycles. The van der Waals surface area contributed by atoms with Gasteiger partial charge in [-0.15, -0.1) is 0 Å². The van der Waals surface area contributed by atoms with Gasteiger partial charge in [0.2, 0.25) is 0 Å². The molecule has 0 aliphatic rings. The number of carbonyl (C=O) groups excluding carboxylic acids is 1. The van der Waals surface area contributed by atoms with Crippen molar-refractivity contribution in [3.05, 3.63) is 29.8 Å². The SMILES string of the molecule is CCc1cccc(OCC(=O)N(CCOC)CC(=O)O)c1. The van der Waals surface area contributed by atoms with Crippen LogP contribution in [0.2, 0.25) is 0 Å². The predicted molar refractivity (Wildman–Crippen MR) is 77.4 cm³/mol. The summed E-state index contributed by atoms with van der Waals surface area (Å²) in [4.78, 5) is 24.0. The van der Waals surface area contributed by atoms with E-state index < -0.39 is 5.97 Å². The minimum atomic E-state index is -1.06. The highest BCUT2D eigenvalue weighted by Crippen LogP contribution is 2.13. The van der Waals surface area contributed by atoms with Gasteiger partial charge in [-0.3, -0.25) is 9.59 Å². The highest BCUT2D eigenvalue weighted by Gasteiger charge is 2.17. The minimum Gasteiger partial charge on any atom is -0.484 e. The average molecular weight is 295 g/mol. The maximum atomic E-state index is 12.0. The molecule has 0 aromatic heterocycles. The number of carboxylic acids is 1. The van der Waals surface area contributed by atoms with Crippen molar-refractivity contribution in [2.75, 3.05) is 33.4 Å². The van der Waals surface area contributed by atoms with Crippen LogP contribution in [0.5, 0.6) is 5.75 Å². The van der Waals surface area contributed by atoms with Crippen LogP contribution in [0.1, 0.15) is 12.5 Å². The van der Waals surface area contributed by atoms with Gasteiger partial charge in [0.05, 0.1) is 6.61 Å². The molecular weight excluding hydrogens is 274 g/mol. The Kier molecular flexibility index (Phi) is 7.25. The maximum absolute atomic E-state index is 12.0. The number of aryl methyl sites for hydroxylation is 1. The van der Waals surface area contributed by atoms with Crippen LogP contribution < -0.4 is 4.74 Å². The molecule has 0 bridgehead atoms. The van der Waals surface area contributed by atoms with E-state index in [2.05, 4.69) is 0 Å². The number of carboxylic acid groups (broad SMARTS) is 1. The van der Waals surface area contributed by atoms with Gasteiger partial charge >= 0.3 is 5.97 Å². The molecule has 0 unspecified atom stereocenters. The largest absolute Gasteiger partial charge is 0.484 e. The second-order valence-corrected chi connectivity index (χ2v) is 4.49. The van der Waals surface area contributed by atoms with Gasteiger partial charge in [-0.25, -0.2) is 0 Å². The Morgan fingerprint density at radius 3 is 2.71 bits per heavy atom. The van der Waals surface area contributed by atoms with Gasteiger partial charge in [0.25, 0.3) is 5.91 Å². The average Bonchev–Trinajstić information content (AvgIpc) is 2.48. The molecule has 0 atom stereocenters. The van der Waals surface area contributed by atoms with Gasteiger partial charge in [0.1, 0.15) is 12.3 Å². The first-order chi connectivity index (χ1) is 10.1. The van der Waals surface area contributed by atoms with Gasteiger partial charge in [-0.1, -0.05) is 19.1 Å². The van der Waals surface area contributed by atoms with Crippen LogP contribution in [-0.2, 0) is 20.7 Å². The van der Waals surface area contributed by atoms with Gasteiger partial charge in [0, 0.05) is 13.7 Å². The lowest BCUT2D eigenvalue weighted by Crippen LogP contribution is -2.40. The first-order valence-electron chi connectivity index (χ1n) is 6.77. The molecule has 0 fully saturated rings. The maximum Gasteiger partial charge on any atom is 0.323 e. The highest BCUT2D eigenvalue weighted by molar-refractivity contribution is 5.82. The summed E-state index contributed by atoms with van der Waals surface area (Å²) in [6, 6.07) is 7.47. The van der Waals surface area contributed by atoms with Crippen molar-refractivity contribution in [2.45, 2.75) is 13.3 Å². The molecule has 6 heteroatoms. The van der Waals surface area contributed by atoms with Crippen molar-refractivity contribution in [1.82, 2.24) is 4.90 Å². The van der Waals surface area contributed by atoms with Crippen molar-refractivity contribution in [3.63, 3.8) is 0 Å². The van der Waals surface area contributed by atoms with Crippen LogP contribution in [0.4, 0.5) is 0 Å². The number of aliphatic carboxylic acids is 1. The number of rotatable bonds is 9. The number of amides is 1. The van der Waals surface area contributed by atoms with E-state index in [1.807, 2.05) is 25.1 Å². The third-order valence-electron chi connectivity index (χ3n) is 2.91. The van der Waals surface area contributed by atoms with E-state index in [-0.39, 0.29) is 32.2 Å². The van der Waals surface area contributed by atoms with Crippen molar-refractivity contribution in [2.24, 2.45) is 0 Å². The number of benzene rings is 1. The molecule has 1 amide bonds. The molecule has 1 N–H and O–H groups in total. The first-order valence-corrected chi connectivity index (χ1v) is 6.77. The van der Waals surface area contributed by atoms with Gasteiger partial charge in [0.15, 0.2) is 6.61 Å². The van der Waals surface area contributed by atoms with E-state index in [0.717, 1.165) is 12.0 Å². The quantitative estimate of drug-likeness (QED) is 0.740. The molecule has 0 radical (unpaired) electrons. The van der Waals surface area contributed by atoms with Crippen LogP contribution in [0.15, 0.2) is 24.3 Å². The zero-order valence-corrected chi connectivity index (χ0v) is 12.4. The Balaban J connectivity index is 2.57. The molecule has 0 spiro atoms. The standard InChI is InChI=1S/C15H21NO5/c1-3-12-5-4-6-13(9-12)21-11-14(17)16(7-8-20-2)10-15(18)19/h4-6,9H,3,7-8,10-11H2,1-2H3,(H,18,19). The van der Waals surface area contributed by atoms with Crippen LogP contribution in [0.3, 0.4) is 0 Å². The van der Waals surface area contributed by atoms with Crippen LogP contribution in [0, 0.1) is 0 Å². The fourth-order valence-corrected chi connectivity index (χ4v) is 1.75. The van der Waals surface area contributed by atoms with E-state index in [4.69, 9.17) is 14.6 Å². The zero-order valence-electron chi connectivity index (χ0n) is 12.4. The molecule has 1 rings (SSSR count). The fraction of sp³-hybridized carbons (Fsp3) is 0.467. The molecule has 1 aromatic carbocycles. The molecule has 0 saturated heterocycles. The third kappa shape index (κ3) is 6.27. The van der Waals surface area contributed by atoms with E-state index >= 15 is 0 Å². The Morgan fingerprint density at radius 1 is 1.33 bits per heavy atom. The fourth-order valence-electron chi connectivity index (χ4n) is 1.75. The number of nitrogens with zero attached hydrogens (tertiary/aromatic N) is 1. The van der Waals surface area contributed by atoms with Gasteiger partial charge in [-0.05, 0) is 24.1 Å². The molecular formula is C15H21NO5. The summed E-state index contributed by atoms with van der Waals surface area (Å²) in [7, 11) is 1.50. The molecule has 116 valence electrons. The monoisotopic (exact) mass is 295 g/mol. The third-order valence-corrected chi connectivity index (χ3v) is 2.91. The normalized spacial score (nSPS) is 10.2. The van der Waals surface area contributed by atoms with E-state index in [9.17, 15) is 9.59 Å². The Hall–Kier alpha value is -2.08. The summed E-state index contributed by atoms with van der Waals surface area (Å²) in [5.74, 6) is -0.839. The van der Waals surface area contributed by atoms with Gasteiger partial charge in [-0.2, -0.15) is 0 Å². The summed E-state index contributed by atoms with van der Waals surface area (Å²) in [5, 5.41) is 8.81. The zero-order chi connectivity index (χ0) is 15.7. The Bertz CT molecular complexity index is 475. The van der Waals surface area contributed by atoms with Crippen LogP contribution in [-0.4, -0.2) is 55.3 Å². The second kappa shape index (κ2) is 8.97. The lowest BCUT2D eigenvalue weighted by molar-refractivity contribution is -0.145. The molecule has 0 saturated carbocycles. The number of methoxy groups -OCH3 is 1. The second-order valence-electron chi connectivity index (χ2n) is 4.49. The predicted octanol–water partition coefficient (Wildman–Crippen LogP) is 1.19. The van der Waals surface area contributed by atoms with Crippen molar-refractivity contribution >= 4 is 11.9 Å². The summed E-state index contributed by atoms with van der Waals surface area (Å²) >= 11 is 0. The molecule has 21 heavy (non-hydrogen) atoms. The molecule has 0 aliphatic heterocycles. The molecule has 0 heterocycles. The van der Waals surface area contributed by atoms with Crippen LogP contribution in [0.25, 0.3) is 0 Å². The molecule has 1 aromatic rings.